The molecule has 0 bridgehead atoms. The van der Waals surface area contributed by atoms with Crippen LogP contribution in [-0.2, 0) is 9.53 Å². The number of rotatable bonds is 6. The molecule has 0 unspecified atom stereocenters. The fourth-order valence-electron chi connectivity index (χ4n) is 1.32. The van der Waals surface area contributed by atoms with E-state index in [-0.39, 0.29) is 11.9 Å². The molecule has 0 radical (unpaired) electrons. The maximum absolute atomic E-state index is 11.6. The van der Waals surface area contributed by atoms with Crippen molar-refractivity contribution >= 4 is 29.2 Å². The lowest BCUT2D eigenvalue weighted by Gasteiger charge is -2.07. The van der Waals surface area contributed by atoms with Gasteiger partial charge in [-0.25, -0.2) is 4.79 Å². The highest BCUT2D eigenvalue weighted by atomic mass is 35.5. The van der Waals surface area contributed by atoms with Crippen molar-refractivity contribution in [1.29, 1.82) is 0 Å². The van der Waals surface area contributed by atoms with Crippen molar-refractivity contribution < 1.29 is 14.3 Å². The Morgan fingerprint density at radius 2 is 1.95 bits per heavy atom. The van der Waals surface area contributed by atoms with Crippen LogP contribution in [0.3, 0.4) is 0 Å². The molecule has 0 heterocycles. The number of amides is 1. The molecule has 0 aliphatic carbocycles. The molecule has 104 valence electrons. The second-order valence-electron chi connectivity index (χ2n) is 4.17. The van der Waals surface area contributed by atoms with Gasteiger partial charge in [0, 0.05) is 5.69 Å². The summed E-state index contributed by atoms with van der Waals surface area (Å²) in [6.45, 7) is 4.05. The molecule has 0 saturated heterocycles. The number of anilines is 1. The van der Waals surface area contributed by atoms with Crippen molar-refractivity contribution in [3.63, 3.8) is 0 Å². The number of ether oxygens (including phenoxy) is 1. The van der Waals surface area contributed by atoms with Gasteiger partial charge in [0.15, 0.2) is 0 Å². The average molecular weight is 284 g/mol. The van der Waals surface area contributed by atoms with Crippen LogP contribution in [-0.4, -0.2) is 23.9 Å². The van der Waals surface area contributed by atoms with Crippen molar-refractivity contribution in [3.8, 4) is 0 Å². The summed E-state index contributed by atoms with van der Waals surface area (Å²) in [4.78, 5) is 23.0. The van der Waals surface area contributed by atoms with E-state index in [0.29, 0.717) is 17.9 Å². The monoisotopic (exact) mass is 283 g/mol. The molecule has 19 heavy (non-hydrogen) atoms. The van der Waals surface area contributed by atoms with E-state index in [9.17, 15) is 9.59 Å². The third-order valence-corrected chi connectivity index (χ3v) is 2.68. The summed E-state index contributed by atoms with van der Waals surface area (Å²) in [5, 5.41) is 2.04. The summed E-state index contributed by atoms with van der Waals surface area (Å²) in [5.41, 5.74) is 1.07. The van der Waals surface area contributed by atoms with Gasteiger partial charge in [0.25, 0.3) is 0 Å². The van der Waals surface area contributed by atoms with Crippen molar-refractivity contribution in [1.82, 2.24) is 0 Å². The van der Waals surface area contributed by atoms with E-state index in [4.69, 9.17) is 16.3 Å². The minimum atomic E-state index is -0.598. The first-order chi connectivity index (χ1) is 9.04. The topological polar surface area (TPSA) is 55.4 Å². The number of benzene rings is 1. The molecule has 1 aromatic carbocycles. The van der Waals surface area contributed by atoms with Crippen LogP contribution < -0.4 is 5.32 Å². The minimum Gasteiger partial charge on any atom is -0.462 e. The Labute approximate surface area is 118 Å². The van der Waals surface area contributed by atoms with E-state index in [0.717, 1.165) is 12.8 Å². The van der Waals surface area contributed by atoms with Gasteiger partial charge in [0.1, 0.15) is 5.38 Å². The predicted molar refractivity (Wildman–Crippen MR) is 75.6 cm³/mol. The number of nitrogens with one attached hydrogen (secondary N) is 1. The molecule has 0 aliphatic rings. The standard InChI is InChI=1S/C14H18ClNO3/c1-3-4-9-19-14(18)11-5-7-12(8-6-11)16-13(17)10(2)15/h5-8,10H,3-4,9H2,1-2H3,(H,16,17)/t10-/m1/s1. The van der Waals surface area contributed by atoms with Gasteiger partial charge >= 0.3 is 5.97 Å². The Morgan fingerprint density at radius 3 is 2.47 bits per heavy atom. The highest BCUT2D eigenvalue weighted by Gasteiger charge is 2.10. The second-order valence-corrected chi connectivity index (χ2v) is 4.83. The second kappa shape index (κ2) is 7.79. The molecular weight excluding hydrogens is 266 g/mol. The Morgan fingerprint density at radius 1 is 1.32 bits per heavy atom. The van der Waals surface area contributed by atoms with E-state index in [1.54, 1.807) is 31.2 Å². The zero-order valence-corrected chi connectivity index (χ0v) is 11.9. The molecule has 0 fully saturated rings. The maximum Gasteiger partial charge on any atom is 0.338 e. The Kier molecular flexibility index (Phi) is 6.36. The van der Waals surface area contributed by atoms with E-state index in [1.165, 1.54) is 0 Å². The van der Waals surface area contributed by atoms with Crippen LogP contribution in [0.15, 0.2) is 24.3 Å². The van der Waals surface area contributed by atoms with Crippen LogP contribution in [0.4, 0.5) is 5.69 Å². The highest BCUT2D eigenvalue weighted by molar-refractivity contribution is 6.32. The summed E-state index contributed by atoms with van der Waals surface area (Å²) in [7, 11) is 0. The molecule has 4 nitrogen and oxygen atoms in total. The molecular formula is C14H18ClNO3. The number of hydrogen-bond acceptors (Lipinski definition) is 3. The van der Waals surface area contributed by atoms with Crippen LogP contribution in [0.2, 0.25) is 0 Å². The van der Waals surface area contributed by atoms with E-state index < -0.39 is 5.38 Å². The van der Waals surface area contributed by atoms with Crippen molar-refractivity contribution in [2.24, 2.45) is 0 Å². The van der Waals surface area contributed by atoms with Crippen LogP contribution >= 0.6 is 11.6 Å². The fourth-order valence-corrected chi connectivity index (χ4v) is 1.38. The molecule has 1 aromatic rings. The first-order valence-electron chi connectivity index (χ1n) is 6.26. The third kappa shape index (κ3) is 5.30. The van der Waals surface area contributed by atoms with E-state index in [2.05, 4.69) is 5.32 Å². The summed E-state index contributed by atoms with van der Waals surface area (Å²) >= 11 is 5.64. The Balaban J connectivity index is 2.56. The van der Waals surface area contributed by atoms with Gasteiger partial charge in [0.2, 0.25) is 5.91 Å². The van der Waals surface area contributed by atoms with Gasteiger partial charge in [-0.1, -0.05) is 13.3 Å². The van der Waals surface area contributed by atoms with Crippen molar-refractivity contribution in [2.45, 2.75) is 32.1 Å². The molecule has 1 atom stereocenters. The number of hydrogen-bond donors (Lipinski definition) is 1. The molecule has 1 N–H and O–H groups in total. The molecule has 0 spiro atoms. The third-order valence-electron chi connectivity index (χ3n) is 2.48. The summed E-state index contributed by atoms with van der Waals surface area (Å²) in [6.07, 6.45) is 1.84. The van der Waals surface area contributed by atoms with Gasteiger partial charge in [-0.05, 0) is 37.6 Å². The van der Waals surface area contributed by atoms with Gasteiger partial charge in [-0.15, -0.1) is 11.6 Å². The summed E-state index contributed by atoms with van der Waals surface area (Å²) < 4.78 is 5.08. The summed E-state index contributed by atoms with van der Waals surface area (Å²) in [5.74, 6) is -0.628. The van der Waals surface area contributed by atoms with Crippen LogP contribution in [0.25, 0.3) is 0 Å². The molecule has 1 amide bonds. The number of carbonyl (C=O) groups excluding carboxylic acids is 2. The molecule has 0 saturated carbocycles. The van der Waals surface area contributed by atoms with Gasteiger partial charge in [-0.2, -0.15) is 0 Å². The van der Waals surface area contributed by atoms with E-state index >= 15 is 0 Å². The number of halogens is 1. The number of carbonyl (C=O) groups is 2. The van der Waals surface area contributed by atoms with Crippen molar-refractivity contribution in [3.05, 3.63) is 29.8 Å². The molecule has 0 aliphatic heterocycles. The Bertz CT molecular complexity index is 429. The van der Waals surface area contributed by atoms with Crippen LogP contribution in [0.5, 0.6) is 0 Å². The normalized spacial score (nSPS) is 11.7. The van der Waals surface area contributed by atoms with Crippen LogP contribution in [0, 0.1) is 0 Å². The first-order valence-corrected chi connectivity index (χ1v) is 6.70. The molecule has 0 aromatic heterocycles. The lowest BCUT2D eigenvalue weighted by atomic mass is 10.2. The molecule has 5 heteroatoms. The lowest BCUT2D eigenvalue weighted by Crippen LogP contribution is -2.20. The maximum atomic E-state index is 11.6. The number of unbranched alkanes of at least 4 members (excludes halogenated alkanes) is 1. The Hall–Kier alpha value is -1.55. The zero-order chi connectivity index (χ0) is 14.3. The van der Waals surface area contributed by atoms with Gasteiger partial charge in [-0.3, -0.25) is 4.79 Å². The number of esters is 1. The van der Waals surface area contributed by atoms with Gasteiger partial charge in [0.05, 0.1) is 12.2 Å². The van der Waals surface area contributed by atoms with E-state index in [1.807, 2.05) is 6.92 Å². The lowest BCUT2D eigenvalue weighted by molar-refractivity contribution is -0.115. The number of alkyl halides is 1. The first kappa shape index (κ1) is 15.5. The molecule has 1 rings (SSSR count). The zero-order valence-electron chi connectivity index (χ0n) is 11.1. The predicted octanol–water partition coefficient (Wildman–Crippen LogP) is 3.21. The van der Waals surface area contributed by atoms with Crippen LogP contribution in [0.1, 0.15) is 37.0 Å². The largest absolute Gasteiger partial charge is 0.462 e. The SMILES string of the molecule is CCCCOC(=O)c1ccc(NC(=O)[C@@H](C)Cl)cc1. The highest BCUT2D eigenvalue weighted by Crippen LogP contribution is 2.12. The van der Waals surface area contributed by atoms with Gasteiger partial charge < -0.3 is 10.1 Å². The summed E-state index contributed by atoms with van der Waals surface area (Å²) in [6, 6.07) is 6.52. The minimum absolute atomic E-state index is 0.278. The fraction of sp³-hybridized carbons (Fsp3) is 0.429. The average Bonchev–Trinajstić information content (AvgIpc) is 2.39. The smallest absolute Gasteiger partial charge is 0.338 e. The van der Waals surface area contributed by atoms with Crippen molar-refractivity contribution in [2.75, 3.05) is 11.9 Å². The quantitative estimate of drug-likeness (QED) is 0.495.